The predicted octanol–water partition coefficient (Wildman–Crippen LogP) is 2.39. The molecule has 29 heavy (non-hydrogen) atoms. The molecule has 3 rings (SSSR count). The highest BCUT2D eigenvalue weighted by atomic mass is 19.4. The van der Waals surface area contributed by atoms with Crippen LogP contribution < -0.4 is 5.43 Å². The molecule has 0 bridgehead atoms. The van der Waals surface area contributed by atoms with Crippen molar-refractivity contribution in [2.45, 2.75) is 31.8 Å². The van der Waals surface area contributed by atoms with E-state index in [1.54, 1.807) is 5.01 Å². The molecular formula is C18H19F4N5O2. The van der Waals surface area contributed by atoms with Gasteiger partial charge >= 0.3 is 6.18 Å². The summed E-state index contributed by atoms with van der Waals surface area (Å²) in [6.07, 6.45) is -0.128. The first kappa shape index (κ1) is 20.9. The molecule has 1 aromatic heterocycles. The number of hydrogen-bond donors (Lipinski definition) is 2. The van der Waals surface area contributed by atoms with Crippen molar-refractivity contribution in [3.63, 3.8) is 0 Å². The highest BCUT2D eigenvalue weighted by Gasteiger charge is 2.31. The Morgan fingerprint density at radius 3 is 2.66 bits per heavy atom. The number of carbonyl (C=O) groups is 1. The number of carbonyl (C=O) groups excluding carboxylic acids is 1. The molecule has 1 amide bonds. The molecule has 1 saturated heterocycles. The Morgan fingerprint density at radius 2 is 2.00 bits per heavy atom. The Labute approximate surface area is 163 Å². The molecule has 0 aliphatic carbocycles. The van der Waals surface area contributed by atoms with Gasteiger partial charge in [-0.15, -0.1) is 5.10 Å². The van der Waals surface area contributed by atoms with Crippen LogP contribution in [0.1, 0.15) is 24.0 Å². The van der Waals surface area contributed by atoms with Crippen LogP contribution in [0.5, 0.6) is 0 Å². The van der Waals surface area contributed by atoms with E-state index in [1.165, 1.54) is 29.4 Å². The summed E-state index contributed by atoms with van der Waals surface area (Å²) < 4.78 is 53.1. The molecule has 156 valence electrons. The van der Waals surface area contributed by atoms with E-state index in [1.807, 2.05) is 0 Å². The lowest BCUT2D eigenvalue weighted by Crippen LogP contribution is -2.47. The SMILES string of the molecule is O=C(/C=C\n1cnc(-c2cc(CF)cc(C(F)(F)F)c2)n1)NN1CCC(O)CC1. The lowest BCUT2D eigenvalue weighted by molar-refractivity contribution is -0.137. The number of hydrazine groups is 1. The van der Waals surface area contributed by atoms with Crippen LogP contribution in [0.2, 0.25) is 0 Å². The number of piperidine rings is 1. The van der Waals surface area contributed by atoms with E-state index >= 15 is 0 Å². The zero-order chi connectivity index (χ0) is 21.0. The number of aliphatic hydroxyl groups excluding tert-OH is 1. The van der Waals surface area contributed by atoms with E-state index in [0.717, 1.165) is 12.1 Å². The van der Waals surface area contributed by atoms with Crippen molar-refractivity contribution in [1.29, 1.82) is 0 Å². The van der Waals surface area contributed by atoms with Crippen molar-refractivity contribution in [2.24, 2.45) is 0 Å². The molecular weight excluding hydrogens is 394 g/mol. The molecule has 0 spiro atoms. The number of hydrogen-bond acceptors (Lipinski definition) is 5. The lowest BCUT2D eigenvalue weighted by Gasteiger charge is -2.29. The smallest absolute Gasteiger partial charge is 0.393 e. The zero-order valence-electron chi connectivity index (χ0n) is 15.2. The second-order valence-electron chi connectivity index (χ2n) is 6.61. The second-order valence-corrected chi connectivity index (χ2v) is 6.61. The number of amides is 1. The van der Waals surface area contributed by atoms with Gasteiger partial charge in [0.05, 0.1) is 11.7 Å². The average Bonchev–Trinajstić information content (AvgIpc) is 3.16. The first-order valence-corrected chi connectivity index (χ1v) is 8.85. The van der Waals surface area contributed by atoms with Gasteiger partial charge in [0.15, 0.2) is 5.82 Å². The average molecular weight is 413 g/mol. The Kier molecular flexibility index (Phi) is 6.28. The maximum Gasteiger partial charge on any atom is 0.416 e. The summed E-state index contributed by atoms with van der Waals surface area (Å²) in [4.78, 5) is 15.9. The van der Waals surface area contributed by atoms with Crippen molar-refractivity contribution < 1.29 is 27.5 Å². The molecule has 0 unspecified atom stereocenters. The van der Waals surface area contributed by atoms with Crippen molar-refractivity contribution in [3.8, 4) is 11.4 Å². The van der Waals surface area contributed by atoms with Crippen LogP contribution in [0.25, 0.3) is 17.6 Å². The Morgan fingerprint density at radius 1 is 1.28 bits per heavy atom. The number of aromatic nitrogens is 3. The molecule has 2 aromatic rings. The highest BCUT2D eigenvalue weighted by molar-refractivity contribution is 5.89. The van der Waals surface area contributed by atoms with Gasteiger partial charge in [-0.25, -0.2) is 19.1 Å². The van der Waals surface area contributed by atoms with Gasteiger partial charge in [-0.05, 0) is 36.6 Å². The molecule has 7 nitrogen and oxygen atoms in total. The fourth-order valence-corrected chi connectivity index (χ4v) is 2.86. The second kappa shape index (κ2) is 8.70. The molecule has 1 fully saturated rings. The Balaban J connectivity index is 1.69. The molecule has 1 aliphatic heterocycles. The minimum Gasteiger partial charge on any atom is -0.393 e. The van der Waals surface area contributed by atoms with Crippen LogP contribution in [-0.2, 0) is 17.6 Å². The minimum atomic E-state index is -4.62. The fourth-order valence-electron chi connectivity index (χ4n) is 2.86. The van der Waals surface area contributed by atoms with E-state index in [-0.39, 0.29) is 23.1 Å². The minimum absolute atomic E-state index is 0.0240. The first-order valence-electron chi connectivity index (χ1n) is 8.85. The van der Waals surface area contributed by atoms with Gasteiger partial charge in [-0.2, -0.15) is 13.2 Å². The van der Waals surface area contributed by atoms with Gasteiger partial charge in [0.1, 0.15) is 13.0 Å². The largest absolute Gasteiger partial charge is 0.416 e. The number of nitrogens with zero attached hydrogens (tertiary/aromatic N) is 4. The molecule has 2 N–H and O–H groups in total. The third-order valence-electron chi connectivity index (χ3n) is 4.35. The van der Waals surface area contributed by atoms with Gasteiger partial charge in [0.25, 0.3) is 5.91 Å². The van der Waals surface area contributed by atoms with Crippen LogP contribution in [0.4, 0.5) is 17.6 Å². The number of rotatable bonds is 5. The maximum atomic E-state index is 13.0. The number of nitrogens with one attached hydrogen (secondary N) is 1. The van der Waals surface area contributed by atoms with Crippen LogP contribution >= 0.6 is 0 Å². The topological polar surface area (TPSA) is 83.3 Å². The lowest BCUT2D eigenvalue weighted by atomic mass is 10.1. The standard InChI is InChI=1S/C18H19F4N5O2/c19-10-12-7-13(9-14(8-12)18(20,21)22)17-23-11-27(25-17)6-3-16(29)24-26-4-1-15(28)2-5-26/h3,6-9,11,15,28H,1-2,4-5,10H2,(H,24,29)/b6-3-. The van der Waals surface area contributed by atoms with E-state index in [9.17, 15) is 27.5 Å². The van der Waals surface area contributed by atoms with Gasteiger partial charge in [0.2, 0.25) is 0 Å². The summed E-state index contributed by atoms with van der Waals surface area (Å²) in [5.74, 6) is -0.446. The molecule has 1 aromatic carbocycles. The monoisotopic (exact) mass is 413 g/mol. The number of aliphatic hydroxyl groups is 1. The summed E-state index contributed by atoms with van der Waals surface area (Å²) in [6.45, 7) is 0.00652. The Bertz CT molecular complexity index is 889. The van der Waals surface area contributed by atoms with Gasteiger partial charge in [0, 0.05) is 30.9 Å². The predicted molar refractivity (Wildman–Crippen MR) is 95.6 cm³/mol. The molecule has 0 atom stereocenters. The highest BCUT2D eigenvalue weighted by Crippen LogP contribution is 2.33. The molecule has 1 aliphatic rings. The maximum absolute atomic E-state index is 13.0. The molecule has 2 heterocycles. The Hall–Kier alpha value is -2.79. The van der Waals surface area contributed by atoms with Crippen LogP contribution in [0.3, 0.4) is 0 Å². The van der Waals surface area contributed by atoms with E-state index in [0.29, 0.717) is 25.9 Å². The number of benzene rings is 1. The van der Waals surface area contributed by atoms with Crippen LogP contribution in [-0.4, -0.2) is 50.0 Å². The third kappa shape index (κ3) is 5.61. The van der Waals surface area contributed by atoms with Crippen molar-refractivity contribution in [3.05, 3.63) is 41.7 Å². The van der Waals surface area contributed by atoms with Crippen molar-refractivity contribution in [1.82, 2.24) is 25.2 Å². The number of alkyl halides is 4. The molecule has 11 heteroatoms. The van der Waals surface area contributed by atoms with Crippen LogP contribution in [0, 0.1) is 0 Å². The van der Waals surface area contributed by atoms with Crippen LogP contribution in [0.15, 0.2) is 30.6 Å². The van der Waals surface area contributed by atoms with E-state index in [2.05, 4.69) is 15.5 Å². The quantitative estimate of drug-likeness (QED) is 0.581. The summed E-state index contributed by atoms with van der Waals surface area (Å²) in [7, 11) is 0. The number of halogens is 4. The summed E-state index contributed by atoms with van der Waals surface area (Å²) in [5, 5.41) is 15.1. The van der Waals surface area contributed by atoms with Crippen molar-refractivity contribution in [2.75, 3.05) is 13.1 Å². The van der Waals surface area contributed by atoms with Gasteiger partial charge in [-0.1, -0.05) is 0 Å². The van der Waals surface area contributed by atoms with Gasteiger partial charge in [-0.3, -0.25) is 10.2 Å². The third-order valence-corrected chi connectivity index (χ3v) is 4.35. The zero-order valence-corrected chi connectivity index (χ0v) is 15.2. The molecule has 0 radical (unpaired) electrons. The van der Waals surface area contributed by atoms with E-state index in [4.69, 9.17) is 0 Å². The van der Waals surface area contributed by atoms with E-state index < -0.39 is 24.3 Å². The molecule has 0 saturated carbocycles. The van der Waals surface area contributed by atoms with Crippen molar-refractivity contribution >= 4 is 12.1 Å². The summed E-state index contributed by atoms with van der Waals surface area (Å²) in [6, 6.07) is 2.83. The summed E-state index contributed by atoms with van der Waals surface area (Å²) >= 11 is 0. The normalized spacial score (nSPS) is 16.4. The fraction of sp³-hybridized carbons (Fsp3) is 0.389. The first-order chi connectivity index (χ1) is 13.7. The summed E-state index contributed by atoms with van der Waals surface area (Å²) in [5.41, 5.74) is 1.56. The van der Waals surface area contributed by atoms with Gasteiger partial charge < -0.3 is 5.11 Å².